The third-order valence-electron chi connectivity index (χ3n) is 3.94. The first kappa shape index (κ1) is 15.4. The van der Waals surface area contributed by atoms with Crippen molar-refractivity contribution in [1.82, 2.24) is 24.6 Å². The van der Waals surface area contributed by atoms with E-state index in [0.717, 1.165) is 51.6 Å². The van der Waals surface area contributed by atoms with Crippen molar-refractivity contribution in [1.29, 1.82) is 0 Å². The standard InChI is InChI=1S/C14H28N6/c1-12(2)20-14(16-11-17-20)10-19-6-4-18(5-7-19)9-13(3)8-15/h11-13H,4-10,15H2,1-3H3. The quantitative estimate of drug-likeness (QED) is 0.825. The molecule has 1 aliphatic rings. The summed E-state index contributed by atoms with van der Waals surface area (Å²) in [5.74, 6) is 1.66. The smallest absolute Gasteiger partial charge is 0.141 e. The Morgan fingerprint density at radius 2 is 1.80 bits per heavy atom. The highest BCUT2D eigenvalue weighted by Gasteiger charge is 2.20. The van der Waals surface area contributed by atoms with Crippen molar-refractivity contribution in [3.8, 4) is 0 Å². The molecule has 6 heteroatoms. The van der Waals surface area contributed by atoms with Crippen molar-refractivity contribution in [2.75, 3.05) is 39.3 Å². The molecule has 0 spiro atoms. The van der Waals surface area contributed by atoms with Gasteiger partial charge in [0.2, 0.25) is 0 Å². The van der Waals surface area contributed by atoms with Gasteiger partial charge in [0.25, 0.3) is 0 Å². The van der Waals surface area contributed by atoms with Crippen LogP contribution in [0.5, 0.6) is 0 Å². The van der Waals surface area contributed by atoms with Gasteiger partial charge in [-0.1, -0.05) is 6.92 Å². The minimum atomic E-state index is 0.374. The molecule has 0 amide bonds. The van der Waals surface area contributed by atoms with E-state index in [1.54, 1.807) is 6.33 Å². The van der Waals surface area contributed by atoms with E-state index in [0.29, 0.717) is 12.0 Å². The fraction of sp³-hybridized carbons (Fsp3) is 0.857. The molecule has 1 unspecified atom stereocenters. The maximum absolute atomic E-state index is 5.70. The van der Waals surface area contributed by atoms with Gasteiger partial charge in [-0.25, -0.2) is 9.67 Å². The van der Waals surface area contributed by atoms with Gasteiger partial charge in [0.1, 0.15) is 12.2 Å². The van der Waals surface area contributed by atoms with Crippen molar-refractivity contribution >= 4 is 0 Å². The fourth-order valence-corrected chi connectivity index (χ4v) is 2.66. The molecule has 1 aromatic rings. The Hall–Kier alpha value is -0.980. The second kappa shape index (κ2) is 7.15. The predicted octanol–water partition coefficient (Wildman–Crippen LogP) is 0.571. The largest absolute Gasteiger partial charge is 0.330 e. The van der Waals surface area contributed by atoms with E-state index in [4.69, 9.17) is 5.73 Å². The molecule has 2 N–H and O–H groups in total. The number of hydrogen-bond acceptors (Lipinski definition) is 5. The minimum Gasteiger partial charge on any atom is -0.330 e. The summed E-state index contributed by atoms with van der Waals surface area (Å²) in [4.78, 5) is 9.37. The van der Waals surface area contributed by atoms with Crippen molar-refractivity contribution in [3.05, 3.63) is 12.2 Å². The van der Waals surface area contributed by atoms with E-state index in [1.165, 1.54) is 0 Å². The molecule has 6 nitrogen and oxygen atoms in total. The molecule has 0 saturated carbocycles. The van der Waals surface area contributed by atoms with Gasteiger partial charge in [-0.15, -0.1) is 0 Å². The summed E-state index contributed by atoms with van der Waals surface area (Å²) in [6.07, 6.45) is 1.66. The molecule has 0 radical (unpaired) electrons. The van der Waals surface area contributed by atoms with E-state index in [-0.39, 0.29) is 0 Å². The van der Waals surface area contributed by atoms with Gasteiger partial charge in [0.15, 0.2) is 0 Å². The lowest BCUT2D eigenvalue weighted by Gasteiger charge is -2.35. The molecule has 1 aromatic heterocycles. The van der Waals surface area contributed by atoms with E-state index in [1.807, 2.05) is 4.68 Å². The second-order valence-corrected chi connectivity index (χ2v) is 6.13. The van der Waals surface area contributed by atoms with Crippen LogP contribution in [-0.2, 0) is 6.54 Å². The van der Waals surface area contributed by atoms with Crippen molar-refractivity contribution in [3.63, 3.8) is 0 Å². The highest BCUT2D eigenvalue weighted by Crippen LogP contribution is 2.11. The minimum absolute atomic E-state index is 0.374. The summed E-state index contributed by atoms with van der Waals surface area (Å²) < 4.78 is 2.02. The maximum atomic E-state index is 5.70. The van der Waals surface area contributed by atoms with Gasteiger partial charge < -0.3 is 10.6 Å². The summed E-state index contributed by atoms with van der Waals surface area (Å²) in [5.41, 5.74) is 5.70. The monoisotopic (exact) mass is 280 g/mol. The first-order valence-corrected chi connectivity index (χ1v) is 7.63. The average molecular weight is 280 g/mol. The molecule has 0 aromatic carbocycles. The topological polar surface area (TPSA) is 63.2 Å². The summed E-state index contributed by atoms with van der Waals surface area (Å²) in [5, 5.41) is 4.30. The summed E-state index contributed by atoms with van der Waals surface area (Å²) >= 11 is 0. The molecule has 0 aliphatic carbocycles. The number of nitrogens with zero attached hydrogens (tertiary/aromatic N) is 5. The first-order chi connectivity index (χ1) is 9.60. The zero-order valence-electron chi connectivity index (χ0n) is 13.0. The molecular formula is C14H28N6. The van der Waals surface area contributed by atoms with Crippen molar-refractivity contribution < 1.29 is 0 Å². The number of nitrogens with two attached hydrogens (primary N) is 1. The molecule has 2 rings (SSSR count). The van der Waals surface area contributed by atoms with Crippen LogP contribution in [0, 0.1) is 5.92 Å². The zero-order valence-corrected chi connectivity index (χ0v) is 13.0. The maximum Gasteiger partial charge on any atom is 0.141 e. The number of piperazine rings is 1. The van der Waals surface area contributed by atoms with Crippen LogP contribution in [0.4, 0.5) is 0 Å². The van der Waals surface area contributed by atoms with Crippen molar-refractivity contribution in [2.24, 2.45) is 11.7 Å². The molecule has 1 saturated heterocycles. The summed E-state index contributed by atoms with van der Waals surface area (Å²) in [6, 6.07) is 0.374. The third kappa shape index (κ3) is 4.01. The van der Waals surface area contributed by atoms with Gasteiger partial charge in [-0.3, -0.25) is 4.90 Å². The molecular weight excluding hydrogens is 252 g/mol. The van der Waals surface area contributed by atoms with Crippen LogP contribution in [0.25, 0.3) is 0 Å². The Morgan fingerprint density at radius 1 is 1.15 bits per heavy atom. The Labute approximate surface area is 121 Å². The molecule has 1 fully saturated rings. The van der Waals surface area contributed by atoms with Gasteiger partial charge in [-0.05, 0) is 26.3 Å². The van der Waals surface area contributed by atoms with Gasteiger partial charge >= 0.3 is 0 Å². The Bertz CT molecular complexity index is 394. The number of hydrogen-bond donors (Lipinski definition) is 1. The molecule has 20 heavy (non-hydrogen) atoms. The van der Waals surface area contributed by atoms with Crippen LogP contribution >= 0.6 is 0 Å². The number of aromatic nitrogens is 3. The Kier molecular flexibility index (Phi) is 5.51. The van der Waals surface area contributed by atoms with Crippen LogP contribution in [0.2, 0.25) is 0 Å². The molecule has 1 atom stereocenters. The highest BCUT2D eigenvalue weighted by molar-refractivity contribution is 4.88. The SMILES string of the molecule is CC(CN)CN1CCN(Cc2ncnn2C(C)C)CC1. The predicted molar refractivity (Wildman–Crippen MR) is 80.3 cm³/mol. The lowest BCUT2D eigenvalue weighted by Crippen LogP contribution is -2.47. The highest BCUT2D eigenvalue weighted by atomic mass is 15.4. The van der Waals surface area contributed by atoms with Crippen LogP contribution in [0.15, 0.2) is 6.33 Å². The lowest BCUT2D eigenvalue weighted by molar-refractivity contribution is 0.112. The molecule has 0 bridgehead atoms. The average Bonchev–Trinajstić information content (AvgIpc) is 2.89. The van der Waals surface area contributed by atoms with E-state index in [9.17, 15) is 0 Å². The van der Waals surface area contributed by atoms with E-state index >= 15 is 0 Å². The second-order valence-electron chi connectivity index (χ2n) is 6.13. The van der Waals surface area contributed by atoms with Crippen LogP contribution in [-0.4, -0.2) is 63.8 Å². The van der Waals surface area contributed by atoms with Gasteiger partial charge in [0, 0.05) is 38.8 Å². The van der Waals surface area contributed by atoms with Crippen LogP contribution in [0.1, 0.15) is 32.6 Å². The summed E-state index contributed by atoms with van der Waals surface area (Å²) in [7, 11) is 0. The molecule has 114 valence electrons. The Balaban J connectivity index is 1.81. The van der Waals surface area contributed by atoms with Crippen LogP contribution in [0.3, 0.4) is 0 Å². The zero-order chi connectivity index (χ0) is 14.5. The van der Waals surface area contributed by atoms with E-state index < -0.39 is 0 Å². The first-order valence-electron chi connectivity index (χ1n) is 7.63. The summed E-state index contributed by atoms with van der Waals surface area (Å²) in [6.45, 7) is 13.7. The third-order valence-corrected chi connectivity index (χ3v) is 3.94. The van der Waals surface area contributed by atoms with Gasteiger partial charge in [-0.2, -0.15) is 5.10 Å². The normalized spacial score (nSPS) is 19.6. The van der Waals surface area contributed by atoms with Crippen molar-refractivity contribution in [2.45, 2.75) is 33.4 Å². The Morgan fingerprint density at radius 3 is 2.40 bits per heavy atom. The molecule has 2 heterocycles. The van der Waals surface area contributed by atoms with Gasteiger partial charge in [0.05, 0.1) is 6.54 Å². The fourth-order valence-electron chi connectivity index (χ4n) is 2.66. The molecule has 1 aliphatic heterocycles. The number of rotatable bonds is 6. The van der Waals surface area contributed by atoms with Crippen LogP contribution < -0.4 is 5.73 Å². The van der Waals surface area contributed by atoms with E-state index in [2.05, 4.69) is 40.7 Å². The lowest BCUT2D eigenvalue weighted by atomic mass is 10.1.